The second kappa shape index (κ2) is 7.24. The standard InChI is InChI=1S/C11H22N4O2/c1-3-13-11(17)14-10(16)8-15(2)9-4-6-12-7-5-9/h9,12H,3-8H2,1-2H3,(H2,13,14,16,17). The van der Waals surface area contributed by atoms with Crippen LogP contribution in [0, 0.1) is 0 Å². The number of carbonyl (C=O) groups is 2. The topological polar surface area (TPSA) is 73.5 Å². The third-order valence-corrected chi connectivity index (χ3v) is 2.92. The van der Waals surface area contributed by atoms with Crippen LogP contribution in [-0.4, -0.2) is 56.1 Å². The Morgan fingerprint density at radius 2 is 2.00 bits per heavy atom. The first kappa shape index (κ1) is 13.9. The second-order valence-corrected chi connectivity index (χ2v) is 4.30. The fraction of sp³-hybridized carbons (Fsp3) is 0.818. The first-order valence-corrected chi connectivity index (χ1v) is 6.12. The van der Waals surface area contributed by atoms with Crippen LogP contribution in [-0.2, 0) is 4.79 Å². The van der Waals surface area contributed by atoms with Crippen molar-refractivity contribution in [2.45, 2.75) is 25.8 Å². The molecule has 0 aromatic carbocycles. The van der Waals surface area contributed by atoms with Crippen LogP contribution in [0.2, 0.25) is 0 Å². The molecular formula is C11H22N4O2. The van der Waals surface area contributed by atoms with Gasteiger partial charge in [0, 0.05) is 12.6 Å². The molecule has 3 N–H and O–H groups in total. The lowest BCUT2D eigenvalue weighted by Gasteiger charge is -2.30. The van der Waals surface area contributed by atoms with E-state index in [1.54, 1.807) is 0 Å². The highest BCUT2D eigenvalue weighted by Gasteiger charge is 2.20. The quantitative estimate of drug-likeness (QED) is 0.622. The first-order valence-electron chi connectivity index (χ1n) is 6.12. The average Bonchev–Trinajstić information content (AvgIpc) is 2.30. The SMILES string of the molecule is CCNC(=O)NC(=O)CN(C)C1CCNCC1. The van der Waals surface area contributed by atoms with E-state index in [0.717, 1.165) is 25.9 Å². The fourth-order valence-electron chi connectivity index (χ4n) is 1.97. The Hall–Kier alpha value is -1.14. The summed E-state index contributed by atoms with van der Waals surface area (Å²) in [7, 11) is 1.92. The minimum absolute atomic E-state index is 0.253. The van der Waals surface area contributed by atoms with Crippen LogP contribution >= 0.6 is 0 Å². The second-order valence-electron chi connectivity index (χ2n) is 4.30. The lowest BCUT2D eigenvalue weighted by molar-refractivity contribution is -0.121. The van der Waals surface area contributed by atoms with Crippen LogP contribution in [0.4, 0.5) is 4.79 Å². The van der Waals surface area contributed by atoms with Crippen LogP contribution in [0.15, 0.2) is 0 Å². The van der Waals surface area contributed by atoms with Gasteiger partial charge in [-0.25, -0.2) is 4.79 Å². The molecule has 0 aromatic rings. The van der Waals surface area contributed by atoms with E-state index < -0.39 is 6.03 Å². The van der Waals surface area contributed by atoms with Crippen molar-refractivity contribution in [2.75, 3.05) is 33.2 Å². The van der Waals surface area contributed by atoms with Crippen LogP contribution in [0.3, 0.4) is 0 Å². The summed E-state index contributed by atoms with van der Waals surface area (Å²) in [5.41, 5.74) is 0. The van der Waals surface area contributed by atoms with Crippen molar-refractivity contribution in [2.24, 2.45) is 0 Å². The zero-order valence-corrected chi connectivity index (χ0v) is 10.6. The number of carbonyl (C=O) groups excluding carboxylic acids is 2. The number of amides is 3. The molecule has 1 aliphatic rings. The molecule has 0 aromatic heterocycles. The maximum Gasteiger partial charge on any atom is 0.321 e. The van der Waals surface area contributed by atoms with Gasteiger partial charge in [-0.15, -0.1) is 0 Å². The maximum atomic E-state index is 11.6. The van der Waals surface area contributed by atoms with Crippen LogP contribution in [0.25, 0.3) is 0 Å². The van der Waals surface area contributed by atoms with E-state index in [9.17, 15) is 9.59 Å². The molecule has 98 valence electrons. The Balaban J connectivity index is 2.26. The Kier molecular flexibility index (Phi) is 5.93. The van der Waals surface area contributed by atoms with Crippen LogP contribution < -0.4 is 16.0 Å². The number of nitrogens with zero attached hydrogens (tertiary/aromatic N) is 1. The number of hydrogen-bond acceptors (Lipinski definition) is 4. The Labute approximate surface area is 102 Å². The van der Waals surface area contributed by atoms with Crippen LogP contribution in [0.5, 0.6) is 0 Å². The van der Waals surface area contributed by atoms with E-state index in [0.29, 0.717) is 12.6 Å². The average molecular weight is 242 g/mol. The summed E-state index contributed by atoms with van der Waals surface area (Å²) in [6.45, 7) is 4.58. The number of nitrogens with one attached hydrogen (secondary N) is 3. The van der Waals surface area contributed by atoms with E-state index in [1.807, 2.05) is 18.9 Å². The normalized spacial score (nSPS) is 16.9. The predicted octanol–water partition coefficient (Wildman–Crippen LogP) is -0.484. The summed E-state index contributed by atoms with van der Waals surface area (Å²) >= 11 is 0. The molecule has 1 fully saturated rings. The molecule has 1 saturated heterocycles. The number of imide groups is 1. The molecule has 0 bridgehead atoms. The largest absolute Gasteiger partial charge is 0.338 e. The lowest BCUT2D eigenvalue weighted by Crippen LogP contribution is -2.48. The predicted molar refractivity (Wildman–Crippen MR) is 65.7 cm³/mol. The maximum absolute atomic E-state index is 11.6. The minimum atomic E-state index is -0.420. The Bertz CT molecular complexity index is 264. The van der Waals surface area contributed by atoms with Crippen molar-refractivity contribution in [1.82, 2.24) is 20.9 Å². The zero-order chi connectivity index (χ0) is 12.7. The minimum Gasteiger partial charge on any atom is -0.338 e. The van der Waals surface area contributed by atoms with Gasteiger partial charge in [0.15, 0.2) is 0 Å². The Morgan fingerprint density at radius 3 is 2.59 bits per heavy atom. The summed E-state index contributed by atoms with van der Waals surface area (Å²) in [6, 6.07) is 0.00690. The van der Waals surface area contributed by atoms with Crippen molar-refractivity contribution in [3.05, 3.63) is 0 Å². The number of piperidine rings is 1. The van der Waals surface area contributed by atoms with E-state index in [1.165, 1.54) is 0 Å². The molecule has 0 unspecified atom stereocenters. The van der Waals surface area contributed by atoms with Gasteiger partial charge in [-0.1, -0.05) is 0 Å². The van der Waals surface area contributed by atoms with Gasteiger partial charge in [0.05, 0.1) is 6.54 Å². The van der Waals surface area contributed by atoms with Gasteiger partial charge in [0.2, 0.25) is 5.91 Å². The van der Waals surface area contributed by atoms with Gasteiger partial charge in [-0.2, -0.15) is 0 Å². The van der Waals surface area contributed by atoms with Gasteiger partial charge in [0.25, 0.3) is 0 Å². The highest BCUT2D eigenvalue weighted by Crippen LogP contribution is 2.08. The first-order chi connectivity index (χ1) is 8.13. The molecule has 1 heterocycles. The van der Waals surface area contributed by atoms with E-state index in [-0.39, 0.29) is 12.5 Å². The summed E-state index contributed by atoms with van der Waals surface area (Å²) in [5, 5.41) is 8.11. The highest BCUT2D eigenvalue weighted by molar-refractivity contribution is 5.95. The van der Waals surface area contributed by atoms with Gasteiger partial charge >= 0.3 is 6.03 Å². The molecule has 17 heavy (non-hydrogen) atoms. The molecule has 1 rings (SSSR count). The van der Waals surface area contributed by atoms with Gasteiger partial charge in [-0.3, -0.25) is 15.0 Å². The third-order valence-electron chi connectivity index (χ3n) is 2.92. The molecule has 0 radical (unpaired) electrons. The summed E-state index contributed by atoms with van der Waals surface area (Å²) in [5.74, 6) is -0.253. The number of rotatable bonds is 4. The van der Waals surface area contributed by atoms with Crippen molar-refractivity contribution in [1.29, 1.82) is 0 Å². The number of likely N-dealkylation sites (N-methyl/N-ethyl adjacent to an activating group) is 1. The molecule has 6 heteroatoms. The molecule has 0 saturated carbocycles. The fourth-order valence-corrected chi connectivity index (χ4v) is 1.97. The monoisotopic (exact) mass is 242 g/mol. The molecule has 0 aliphatic carbocycles. The van der Waals surface area contributed by atoms with Crippen molar-refractivity contribution < 1.29 is 9.59 Å². The Morgan fingerprint density at radius 1 is 1.35 bits per heavy atom. The molecule has 0 spiro atoms. The molecule has 6 nitrogen and oxygen atoms in total. The van der Waals surface area contributed by atoms with Gasteiger partial charge < -0.3 is 10.6 Å². The zero-order valence-electron chi connectivity index (χ0n) is 10.6. The third kappa shape index (κ3) is 5.14. The van der Waals surface area contributed by atoms with Crippen molar-refractivity contribution in [3.63, 3.8) is 0 Å². The highest BCUT2D eigenvalue weighted by atomic mass is 16.2. The summed E-state index contributed by atoms with van der Waals surface area (Å²) in [6.07, 6.45) is 2.09. The number of hydrogen-bond donors (Lipinski definition) is 3. The molecule has 0 atom stereocenters. The summed E-state index contributed by atoms with van der Waals surface area (Å²) in [4.78, 5) is 24.7. The van der Waals surface area contributed by atoms with Gasteiger partial charge in [-0.05, 0) is 39.9 Å². The molecule has 1 aliphatic heterocycles. The number of urea groups is 1. The van der Waals surface area contributed by atoms with Crippen LogP contribution in [0.1, 0.15) is 19.8 Å². The smallest absolute Gasteiger partial charge is 0.321 e. The van der Waals surface area contributed by atoms with E-state index >= 15 is 0 Å². The lowest BCUT2D eigenvalue weighted by atomic mass is 10.1. The summed E-state index contributed by atoms with van der Waals surface area (Å²) < 4.78 is 0. The van der Waals surface area contributed by atoms with Crippen molar-refractivity contribution >= 4 is 11.9 Å². The molecule has 3 amide bonds. The van der Waals surface area contributed by atoms with Crippen molar-refractivity contribution in [3.8, 4) is 0 Å². The molecular weight excluding hydrogens is 220 g/mol. The van der Waals surface area contributed by atoms with E-state index in [4.69, 9.17) is 0 Å². The van der Waals surface area contributed by atoms with E-state index in [2.05, 4.69) is 16.0 Å². The van der Waals surface area contributed by atoms with Gasteiger partial charge in [0.1, 0.15) is 0 Å².